The number of hydrogen-bond acceptors (Lipinski definition) is 3. The Morgan fingerprint density at radius 3 is 2.71 bits per heavy atom. The number of hydrogen-bond donors (Lipinski definition) is 2. The number of halogens is 1. The van der Waals surface area contributed by atoms with Gasteiger partial charge >= 0.3 is 0 Å². The van der Waals surface area contributed by atoms with Crippen molar-refractivity contribution in [2.75, 3.05) is 37.8 Å². The van der Waals surface area contributed by atoms with Crippen molar-refractivity contribution < 1.29 is 8.42 Å². The summed E-state index contributed by atoms with van der Waals surface area (Å²) in [6, 6.07) is 8.24. The second-order valence-corrected chi connectivity index (χ2v) is 6.50. The third-order valence-corrected chi connectivity index (χ3v) is 3.86. The molecule has 0 spiro atoms. The molecule has 1 aromatic rings. The molecule has 6 nitrogen and oxygen atoms in total. The Labute approximate surface area is 143 Å². The summed E-state index contributed by atoms with van der Waals surface area (Å²) >= 11 is 0. The third kappa shape index (κ3) is 5.11. The van der Waals surface area contributed by atoms with Crippen LogP contribution in [0.15, 0.2) is 29.3 Å². The van der Waals surface area contributed by atoms with Gasteiger partial charge in [0.2, 0.25) is 10.0 Å². The molecule has 0 amide bonds. The van der Waals surface area contributed by atoms with Gasteiger partial charge < -0.3 is 10.2 Å². The Balaban J connectivity index is 0.00000220. The third-order valence-electron chi connectivity index (χ3n) is 3.13. The van der Waals surface area contributed by atoms with Gasteiger partial charge in [-0.2, -0.15) is 0 Å². The van der Waals surface area contributed by atoms with Crippen molar-refractivity contribution in [2.45, 2.75) is 6.42 Å². The maximum absolute atomic E-state index is 11.0. The lowest BCUT2D eigenvalue weighted by Crippen LogP contribution is -2.43. The van der Waals surface area contributed by atoms with Crippen LogP contribution in [0.4, 0.5) is 5.69 Å². The van der Waals surface area contributed by atoms with E-state index >= 15 is 0 Å². The zero-order valence-corrected chi connectivity index (χ0v) is 15.3. The molecule has 0 saturated carbocycles. The Morgan fingerprint density at radius 1 is 1.33 bits per heavy atom. The Bertz CT molecular complexity index is 604. The summed E-state index contributed by atoms with van der Waals surface area (Å²) in [5.74, 6) is 0.769. The Hall–Kier alpha value is -0.870. The first kappa shape index (κ1) is 18.2. The number of nitrogens with zero attached hydrogens (tertiary/aromatic N) is 2. The standard InChI is InChI=1S/C13H20N4O2S.HI/c1-14-13(15-8-9-16-20(2,18)19)17-10-7-11-5-3-4-6-12(11)17;/h3-6,16H,7-10H2,1-2H3,(H,14,15);1H. The van der Waals surface area contributed by atoms with Crippen molar-refractivity contribution in [1.82, 2.24) is 10.0 Å². The molecule has 1 aromatic carbocycles. The minimum atomic E-state index is -3.14. The first-order chi connectivity index (χ1) is 9.51. The van der Waals surface area contributed by atoms with Crippen molar-refractivity contribution in [3.8, 4) is 0 Å². The molecule has 1 heterocycles. The molecule has 1 aliphatic heterocycles. The molecule has 8 heteroatoms. The first-order valence-corrected chi connectivity index (χ1v) is 8.41. The van der Waals surface area contributed by atoms with Gasteiger partial charge in [-0.15, -0.1) is 24.0 Å². The summed E-state index contributed by atoms with van der Waals surface area (Å²) < 4.78 is 24.4. The van der Waals surface area contributed by atoms with Gasteiger partial charge in [-0.25, -0.2) is 13.1 Å². The number of rotatable bonds is 4. The number of benzene rings is 1. The normalized spacial score (nSPS) is 14.6. The summed E-state index contributed by atoms with van der Waals surface area (Å²) in [6.45, 7) is 1.73. The minimum absolute atomic E-state index is 0. The molecular weight excluding hydrogens is 403 g/mol. The van der Waals surface area contributed by atoms with Crippen molar-refractivity contribution in [2.24, 2.45) is 4.99 Å². The average Bonchev–Trinajstić information content (AvgIpc) is 2.82. The zero-order valence-electron chi connectivity index (χ0n) is 12.2. The summed E-state index contributed by atoms with van der Waals surface area (Å²) in [5.41, 5.74) is 2.47. The number of guanidine groups is 1. The van der Waals surface area contributed by atoms with Gasteiger partial charge in [0.05, 0.1) is 6.26 Å². The van der Waals surface area contributed by atoms with Crippen molar-refractivity contribution >= 4 is 45.6 Å². The van der Waals surface area contributed by atoms with E-state index in [-0.39, 0.29) is 24.0 Å². The summed E-state index contributed by atoms with van der Waals surface area (Å²) in [5, 5.41) is 3.17. The van der Waals surface area contributed by atoms with Gasteiger partial charge in [-0.05, 0) is 18.1 Å². The highest BCUT2D eigenvalue weighted by Gasteiger charge is 2.21. The number of aliphatic imine (C=N–C) groups is 1. The van der Waals surface area contributed by atoms with Gasteiger partial charge in [0, 0.05) is 32.4 Å². The molecule has 2 N–H and O–H groups in total. The second-order valence-electron chi connectivity index (χ2n) is 4.67. The topological polar surface area (TPSA) is 73.8 Å². The zero-order chi connectivity index (χ0) is 14.6. The van der Waals surface area contributed by atoms with Crippen LogP contribution >= 0.6 is 24.0 Å². The van der Waals surface area contributed by atoms with E-state index in [1.165, 1.54) is 5.56 Å². The largest absolute Gasteiger partial charge is 0.355 e. The maximum Gasteiger partial charge on any atom is 0.208 e. The van der Waals surface area contributed by atoms with Crippen LogP contribution in [0.1, 0.15) is 5.56 Å². The lowest BCUT2D eigenvalue weighted by molar-refractivity contribution is 0.587. The molecule has 0 aliphatic carbocycles. The fraction of sp³-hybridized carbons (Fsp3) is 0.462. The molecule has 0 aromatic heterocycles. The van der Waals surface area contributed by atoms with Crippen LogP contribution in [0, 0.1) is 0 Å². The van der Waals surface area contributed by atoms with Crippen LogP contribution in [0.2, 0.25) is 0 Å². The average molecular weight is 424 g/mol. The molecule has 0 radical (unpaired) electrons. The summed E-state index contributed by atoms with van der Waals surface area (Å²) in [7, 11) is -1.41. The van der Waals surface area contributed by atoms with Gasteiger partial charge in [0.1, 0.15) is 0 Å². The van der Waals surface area contributed by atoms with Gasteiger partial charge in [0.25, 0.3) is 0 Å². The maximum atomic E-state index is 11.0. The molecule has 118 valence electrons. The van der Waals surface area contributed by atoms with E-state index in [0.717, 1.165) is 30.9 Å². The molecule has 0 fully saturated rings. The molecule has 0 atom stereocenters. The predicted molar refractivity (Wildman–Crippen MR) is 97.1 cm³/mol. The van der Waals surface area contributed by atoms with E-state index in [2.05, 4.69) is 32.1 Å². The molecule has 2 rings (SSSR count). The Morgan fingerprint density at radius 2 is 2.05 bits per heavy atom. The van der Waals surface area contributed by atoms with Crippen LogP contribution in [0.3, 0.4) is 0 Å². The predicted octanol–water partition coefficient (Wildman–Crippen LogP) is 0.792. The molecule has 1 aliphatic rings. The van der Waals surface area contributed by atoms with Crippen LogP contribution in [-0.4, -0.2) is 47.3 Å². The Kier molecular flexibility index (Phi) is 6.88. The number of nitrogens with one attached hydrogen (secondary N) is 2. The van der Waals surface area contributed by atoms with E-state index in [4.69, 9.17) is 0 Å². The van der Waals surface area contributed by atoms with E-state index < -0.39 is 10.0 Å². The lowest BCUT2D eigenvalue weighted by Gasteiger charge is -2.22. The molecule has 0 unspecified atom stereocenters. The summed E-state index contributed by atoms with van der Waals surface area (Å²) in [4.78, 5) is 6.38. The molecule has 21 heavy (non-hydrogen) atoms. The van der Waals surface area contributed by atoms with Crippen LogP contribution < -0.4 is 14.9 Å². The highest BCUT2D eigenvalue weighted by molar-refractivity contribution is 14.0. The lowest BCUT2D eigenvalue weighted by atomic mass is 10.2. The van der Waals surface area contributed by atoms with Crippen LogP contribution in [0.25, 0.3) is 0 Å². The fourth-order valence-corrected chi connectivity index (χ4v) is 2.74. The number of para-hydroxylation sites is 1. The SMILES string of the molecule is CN=C(NCCNS(C)(=O)=O)N1CCc2ccccc21.I. The molecule has 0 saturated heterocycles. The molecule has 0 bridgehead atoms. The van der Waals surface area contributed by atoms with Gasteiger partial charge in [0.15, 0.2) is 5.96 Å². The fourth-order valence-electron chi connectivity index (χ4n) is 2.26. The number of sulfonamides is 1. The highest BCUT2D eigenvalue weighted by atomic mass is 127. The van der Waals surface area contributed by atoms with E-state index in [1.54, 1.807) is 7.05 Å². The monoisotopic (exact) mass is 424 g/mol. The van der Waals surface area contributed by atoms with Crippen LogP contribution in [0.5, 0.6) is 0 Å². The quantitative estimate of drug-likeness (QED) is 0.325. The smallest absolute Gasteiger partial charge is 0.208 e. The number of anilines is 1. The highest BCUT2D eigenvalue weighted by Crippen LogP contribution is 2.27. The van der Waals surface area contributed by atoms with E-state index in [0.29, 0.717) is 13.1 Å². The van der Waals surface area contributed by atoms with Crippen molar-refractivity contribution in [1.29, 1.82) is 0 Å². The van der Waals surface area contributed by atoms with Crippen LogP contribution in [-0.2, 0) is 16.4 Å². The summed E-state index contributed by atoms with van der Waals surface area (Å²) in [6.07, 6.45) is 2.15. The molecular formula is C13H21IN4O2S. The van der Waals surface area contributed by atoms with E-state index in [1.807, 2.05) is 12.1 Å². The first-order valence-electron chi connectivity index (χ1n) is 6.52. The van der Waals surface area contributed by atoms with Gasteiger partial charge in [-0.1, -0.05) is 18.2 Å². The minimum Gasteiger partial charge on any atom is -0.355 e. The van der Waals surface area contributed by atoms with E-state index in [9.17, 15) is 8.42 Å². The van der Waals surface area contributed by atoms with Gasteiger partial charge in [-0.3, -0.25) is 4.99 Å². The van der Waals surface area contributed by atoms with Crippen molar-refractivity contribution in [3.05, 3.63) is 29.8 Å². The second kappa shape index (κ2) is 7.95. The van der Waals surface area contributed by atoms with Crippen molar-refractivity contribution in [3.63, 3.8) is 0 Å². The number of fused-ring (bicyclic) bond motifs is 1.